The Hall–Kier alpha value is -1.26. The maximum Gasteiger partial charge on any atom is 0.410 e. The molecule has 5 heteroatoms. The van der Waals surface area contributed by atoms with Crippen LogP contribution in [0.5, 0.6) is 0 Å². The number of hydrogen-bond acceptors (Lipinski definition) is 3. The maximum atomic E-state index is 12.1. The molecule has 0 aromatic heterocycles. The summed E-state index contributed by atoms with van der Waals surface area (Å²) < 4.78 is 5.35. The van der Waals surface area contributed by atoms with E-state index >= 15 is 0 Å². The third-order valence-corrected chi connectivity index (χ3v) is 2.86. The summed E-state index contributed by atoms with van der Waals surface area (Å²) in [4.78, 5) is 27.2. The van der Waals surface area contributed by atoms with Gasteiger partial charge in [-0.1, -0.05) is 6.92 Å². The highest BCUT2D eigenvalue weighted by Gasteiger charge is 2.40. The Bertz CT molecular complexity index is 334. The first-order valence-electron chi connectivity index (χ1n) is 6.32. The Morgan fingerprint density at radius 2 is 1.83 bits per heavy atom. The topological polar surface area (TPSA) is 49.9 Å². The number of likely N-dealkylation sites (tertiary alicyclic amines) is 1. The molecule has 18 heavy (non-hydrogen) atoms. The quantitative estimate of drug-likeness (QED) is 0.717. The minimum Gasteiger partial charge on any atom is -0.444 e. The predicted octanol–water partition coefficient (Wildman–Crippen LogP) is 1.72. The van der Waals surface area contributed by atoms with Crippen molar-refractivity contribution in [2.24, 2.45) is 5.92 Å². The molecule has 2 atom stereocenters. The molecule has 1 saturated heterocycles. The first-order valence-corrected chi connectivity index (χ1v) is 6.32. The lowest BCUT2D eigenvalue weighted by atomic mass is 10.1. The van der Waals surface area contributed by atoms with E-state index in [4.69, 9.17) is 4.74 Å². The average Bonchev–Trinajstić information content (AvgIpc) is 2.56. The van der Waals surface area contributed by atoms with Crippen LogP contribution in [-0.2, 0) is 9.53 Å². The van der Waals surface area contributed by atoms with Gasteiger partial charge in [-0.2, -0.15) is 0 Å². The number of carbonyl (C=O) groups excluding carboxylic acids is 2. The highest BCUT2D eigenvalue weighted by Crippen LogP contribution is 2.26. The first-order chi connectivity index (χ1) is 8.11. The van der Waals surface area contributed by atoms with E-state index in [1.54, 1.807) is 19.0 Å². The van der Waals surface area contributed by atoms with Crippen LogP contribution in [0.25, 0.3) is 0 Å². The first kappa shape index (κ1) is 14.8. The lowest BCUT2D eigenvalue weighted by Crippen LogP contribution is -2.47. The van der Waals surface area contributed by atoms with Gasteiger partial charge in [-0.25, -0.2) is 4.79 Å². The van der Waals surface area contributed by atoms with Gasteiger partial charge in [0.2, 0.25) is 5.91 Å². The van der Waals surface area contributed by atoms with Crippen LogP contribution in [0.4, 0.5) is 4.79 Å². The molecule has 2 amide bonds. The van der Waals surface area contributed by atoms with Crippen molar-refractivity contribution in [2.75, 3.05) is 20.6 Å². The molecule has 0 saturated carbocycles. The minimum atomic E-state index is -0.533. The molecule has 1 unspecified atom stereocenters. The van der Waals surface area contributed by atoms with Crippen molar-refractivity contribution in [1.82, 2.24) is 9.80 Å². The second-order valence-electron chi connectivity index (χ2n) is 6.22. The molecule has 0 aromatic rings. The predicted molar refractivity (Wildman–Crippen MR) is 69.2 cm³/mol. The van der Waals surface area contributed by atoms with Gasteiger partial charge in [0.15, 0.2) is 0 Å². The average molecular weight is 256 g/mol. The van der Waals surface area contributed by atoms with E-state index < -0.39 is 11.7 Å². The number of likely N-dealkylation sites (N-methyl/N-ethyl adjacent to an activating group) is 1. The van der Waals surface area contributed by atoms with E-state index in [1.165, 1.54) is 4.90 Å². The normalized spacial score (nSPS) is 24.0. The second-order valence-corrected chi connectivity index (χ2v) is 6.22. The number of ether oxygens (including phenoxy) is 1. The van der Waals surface area contributed by atoms with Crippen molar-refractivity contribution in [2.45, 2.75) is 45.8 Å². The molecule has 104 valence electrons. The molecule has 0 radical (unpaired) electrons. The van der Waals surface area contributed by atoms with Crippen molar-refractivity contribution < 1.29 is 14.3 Å². The Labute approximate surface area is 109 Å². The molecular weight excluding hydrogens is 232 g/mol. The van der Waals surface area contributed by atoms with Crippen LogP contribution in [-0.4, -0.2) is 54.1 Å². The summed E-state index contributed by atoms with van der Waals surface area (Å²) in [6.45, 7) is 8.10. The van der Waals surface area contributed by atoms with Crippen LogP contribution in [0.1, 0.15) is 34.1 Å². The van der Waals surface area contributed by atoms with Gasteiger partial charge in [-0.05, 0) is 33.1 Å². The van der Waals surface area contributed by atoms with Gasteiger partial charge < -0.3 is 9.64 Å². The SMILES string of the molecule is C[C@@H]1CC(C(=O)N(C)C)N(C(=O)OC(C)(C)C)C1. The molecule has 5 nitrogen and oxygen atoms in total. The Morgan fingerprint density at radius 3 is 2.28 bits per heavy atom. The smallest absolute Gasteiger partial charge is 0.410 e. The summed E-state index contributed by atoms with van der Waals surface area (Å²) in [6.07, 6.45) is 0.308. The lowest BCUT2D eigenvalue weighted by molar-refractivity contribution is -0.133. The number of nitrogens with zero attached hydrogens (tertiary/aromatic N) is 2. The van der Waals surface area contributed by atoms with Crippen LogP contribution in [0.15, 0.2) is 0 Å². The zero-order valence-corrected chi connectivity index (χ0v) is 12.2. The van der Waals surface area contributed by atoms with Crippen LogP contribution in [0.3, 0.4) is 0 Å². The standard InChI is InChI=1S/C13H24N2O3/c1-9-7-10(11(16)14(5)6)15(8-9)12(17)18-13(2,3)4/h9-10H,7-8H2,1-6H3/t9-,10?/m1/s1. The van der Waals surface area contributed by atoms with Gasteiger partial charge >= 0.3 is 6.09 Å². The van der Waals surface area contributed by atoms with Crippen molar-refractivity contribution in [3.63, 3.8) is 0 Å². The number of amides is 2. The van der Waals surface area contributed by atoms with E-state index in [0.29, 0.717) is 18.9 Å². The molecule has 0 spiro atoms. The van der Waals surface area contributed by atoms with E-state index in [2.05, 4.69) is 0 Å². The third kappa shape index (κ3) is 3.62. The van der Waals surface area contributed by atoms with Crippen LogP contribution in [0, 0.1) is 5.92 Å². The molecule has 1 heterocycles. The van der Waals surface area contributed by atoms with Crippen molar-refractivity contribution in [3.05, 3.63) is 0 Å². The zero-order chi connectivity index (χ0) is 14.1. The Morgan fingerprint density at radius 1 is 1.28 bits per heavy atom. The zero-order valence-electron chi connectivity index (χ0n) is 12.2. The third-order valence-electron chi connectivity index (χ3n) is 2.86. The molecule has 0 bridgehead atoms. The summed E-state index contributed by atoms with van der Waals surface area (Å²) in [5.74, 6) is 0.289. The van der Waals surface area contributed by atoms with Crippen molar-refractivity contribution >= 4 is 12.0 Å². The summed E-state index contributed by atoms with van der Waals surface area (Å²) in [5.41, 5.74) is -0.533. The van der Waals surface area contributed by atoms with Gasteiger partial charge in [-0.3, -0.25) is 9.69 Å². The summed E-state index contributed by atoms with van der Waals surface area (Å²) in [5, 5.41) is 0. The molecular formula is C13H24N2O3. The van der Waals surface area contributed by atoms with E-state index in [1.807, 2.05) is 27.7 Å². The summed E-state index contributed by atoms with van der Waals surface area (Å²) in [6, 6.07) is -0.384. The Kier molecular flexibility index (Phi) is 4.24. The Balaban J connectivity index is 2.79. The molecule has 0 N–H and O–H groups in total. The van der Waals surface area contributed by atoms with Crippen LogP contribution in [0.2, 0.25) is 0 Å². The second kappa shape index (κ2) is 5.16. The minimum absolute atomic E-state index is 0.0368. The molecule has 0 aliphatic carbocycles. The van der Waals surface area contributed by atoms with Gasteiger partial charge in [0.1, 0.15) is 11.6 Å². The van der Waals surface area contributed by atoms with Crippen molar-refractivity contribution in [1.29, 1.82) is 0 Å². The van der Waals surface area contributed by atoms with Gasteiger partial charge in [0.05, 0.1) is 0 Å². The van der Waals surface area contributed by atoms with Crippen LogP contribution < -0.4 is 0 Å². The number of hydrogen-bond donors (Lipinski definition) is 0. The number of carbonyl (C=O) groups is 2. The van der Waals surface area contributed by atoms with Crippen molar-refractivity contribution in [3.8, 4) is 0 Å². The van der Waals surface area contributed by atoms with E-state index in [9.17, 15) is 9.59 Å². The summed E-state index contributed by atoms with van der Waals surface area (Å²) >= 11 is 0. The molecule has 0 aromatic carbocycles. The highest BCUT2D eigenvalue weighted by molar-refractivity contribution is 5.86. The highest BCUT2D eigenvalue weighted by atomic mass is 16.6. The summed E-state index contributed by atoms with van der Waals surface area (Å²) in [7, 11) is 3.41. The fraction of sp³-hybridized carbons (Fsp3) is 0.846. The van der Waals surface area contributed by atoms with Gasteiger partial charge in [0, 0.05) is 20.6 Å². The maximum absolute atomic E-state index is 12.1. The monoisotopic (exact) mass is 256 g/mol. The molecule has 1 rings (SSSR count). The van der Waals surface area contributed by atoms with E-state index in [0.717, 1.165) is 0 Å². The number of rotatable bonds is 1. The lowest BCUT2D eigenvalue weighted by Gasteiger charge is -2.29. The van der Waals surface area contributed by atoms with Gasteiger partial charge in [-0.15, -0.1) is 0 Å². The molecule has 1 aliphatic heterocycles. The fourth-order valence-corrected chi connectivity index (χ4v) is 2.10. The van der Waals surface area contributed by atoms with Gasteiger partial charge in [0.25, 0.3) is 0 Å². The molecule has 1 fully saturated rings. The van der Waals surface area contributed by atoms with Crippen LogP contribution >= 0.6 is 0 Å². The largest absolute Gasteiger partial charge is 0.444 e. The van der Waals surface area contributed by atoms with E-state index in [-0.39, 0.29) is 11.9 Å². The molecule has 1 aliphatic rings. The fourth-order valence-electron chi connectivity index (χ4n) is 2.10.